The lowest BCUT2D eigenvalue weighted by Crippen LogP contribution is -2.35. The maximum absolute atomic E-state index is 3.93. The van der Waals surface area contributed by atoms with E-state index in [1.807, 2.05) is 4.57 Å². The Morgan fingerprint density at radius 1 is 1.03 bits per heavy atom. The van der Waals surface area contributed by atoms with Gasteiger partial charge >= 0.3 is 0 Å². The molecule has 0 radical (unpaired) electrons. The first-order valence-corrected chi connectivity index (χ1v) is 12.0. The van der Waals surface area contributed by atoms with Crippen LogP contribution in [0, 0.1) is 5.92 Å². The highest BCUT2D eigenvalue weighted by atomic mass is 15.2. The van der Waals surface area contributed by atoms with Crippen molar-refractivity contribution in [3.63, 3.8) is 0 Å². The van der Waals surface area contributed by atoms with Gasteiger partial charge in [0.05, 0.1) is 0 Å². The van der Waals surface area contributed by atoms with Crippen molar-refractivity contribution in [2.45, 2.75) is 57.4 Å². The van der Waals surface area contributed by atoms with Gasteiger partial charge in [-0.2, -0.15) is 0 Å². The van der Waals surface area contributed by atoms with Gasteiger partial charge in [-0.05, 0) is 79.7 Å². The lowest BCUT2D eigenvalue weighted by molar-refractivity contribution is 0.278. The van der Waals surface area contributed by atoms with Crippen LogP contribution in [0.4, 0.5) is 0 Å². The van der Waals surface area contributed by atoms with Gasteiger partial charge in [0.25, 0.3) is 0 Å². The Morgan fingerprint density at radius 2 is 1.81 bits per heavy atom. The van der Waals surface area contributed by atoms with E-state index in [2.05, 4.69) is 82.1 Å². The van der Waals surface area contributed by atoms with Crippen molar-refractivity contribution in [3.8, 4) is 5.69 Å². The van der Waals surface area contributed by atoms with E-state index in [4.69, 9.17) is 0 Å². The van der Waals surface area contributed by atoms with E-state index in [1.165, 1.54) is 54.1 Å². The Hall–Kier alpha value is -2.92. The van der Waals surface area contributed by atoms with Gasteiger partial charge in [-0.3, -0.25) is 4.57 Å². The molecule has 1 aliphatic rings. The van der Waals surface area contributed by atoms with Gasteiger partial charge in [0.2, 0.25) is 0 Å². The van der Waals surface area contributed by atoms with Gasteiger partial charge in [-0.15, -0.1) is 10.2 Å². The molecule has 2 heterocycles. The van der Waals surface area contributed by atoms with Gasteiger partial charge in [0.1, 0.15) is 12.7 Å². The molecule has 0 bridgehead atoms. The molecule has 4 aromatic rings. The number of aryl methyl sites for hydroxylation is 1. The first kappa shape index (κ1) is 21.0. The molecular formula is C27H33N5. The number of nitrogens with one attached hydrogen (secondary N) is 2. The van der Waals surface area contributed by atoms with Crippen molar-refractivity contribution in [3.05, 3.63) is 78.5 Å². The highest BCUT2D eigenvalue weighted by Gasteiger charge is 2.21. The lowest BCUT2D eigenvalue weighted by atomic mass is 9.82. The number of aromatic amines is 1. The first-order chi connectivity index (χ1) is 15.8. The number of fused-ring (bicyclic) bond motifs is 1. The van der Waals surface area contributed by atoms with E-state index in [0.29, 0.717) is 12.0 Å². The van der Waals surface area contributed by atoms with E-state index in [-0.39, 0.29) is 0 Å². The van der Waals surface area contributed by atoms with Crippen LogP contribution in [0.25, 0.3) is 16.6 Å². The van der Waals surface area contributed by atoms with Crippen LogP contribution < -0.4 is 5.32 Å². The Balaban J connectivity index is 1.11. The normalized spacial score (nSPS) is 19.9. The van der Waals surface area contributed by atoms with Crippen molar-refractivity contribution in [2.24, 2.45) is 5.92 Å². The van der Waals surface area contributed by atoms with Crippen LogP contribution in [-0.4, -0.2) is 32.3 Å². The Labute approximate surface area is 190 Å². The molecule has 166 valence electrons. The zero-order valence-electron chi connectivity index (χ0n) is 18.9. The van der Waals surface area contributed by atoms with Gasteiger partial charge in [0.15, 0.2) is 0 Å². The third kappa shape index (κ3) is 4.78. The predicted molar refractivity (Wildman–Crippen MR) is 130 cm³/mol. The largest absolute Gasteiger partial charge is 0.361 e. The SMILES string of the molecule is CC(CN[C@H]1CC[C@@H](CCc2c[nH]c3ccc(-n4cnnc4)cc23)CC1)c1ccccc1. The number of benzene rings is 2. The highest BCUT2D eigenvalue weighted by Crippen LogP contribution is 2.30. The molecule has 32 heavy (non-hydrogen) atoms. The van der Waals surface area contributed by atoms with Gasteiger partial charge in [-0.1, -0.05) is 37.3 Å². The fourth-order valence-electron chi connectivity index (χ4n) is 5.13. The lowest BCUT2D eigenvalue weighted by Gasteiger charge is -2.30. The van der Waals surface area contributed by atoms with E-state index in [1.54, 1.807) is 12.7 Å². The van der Waals surface area contributed by atoms with E-state index >= 15 is 0 Å². The van der Waals surface area contributed by atoms with Crippen LogP contribution >= 0.6 is 0 Å². The van der Waals surface area contributed by atoms with Crippen molar-refractivity contribution >= 4 is 10.9 Å². The Morgan fingerprint density at radius 3 is 2.59 bits per heavy atom. The van der Waals surface area contributed by atoms with Gasteiger partial charge < -0.3 is 10.3 Å². The molecule has 1 aliphatic carbocycles. The van der Waals surface area contributed by atoms with Crippen LogP contribution in [0.2, 0.25) is 0 Å². The van der Waals surface area contributed by atoms with Crippen LogP contribution in [0.5, 0.6) is 0 Å². The highest BCUT2D eigenvalue weighted by molar-refractivity contribution is 5.85. The molecule has 1 saturated carbocycles. The Kier molecular flexibility index (Phi) is 6.35. The minimum atomic E-state index is 0.568. The van der Waals surface area contributed by atoms with E-state index in [9.17, 15) is 0 Å². The molecule has 5 heteroatoms. The van der Waals surface area contributed by atoms with Gasteiger partial charge in [0, 0.05) is 35.4 Å². The number of hydrogen-bond acceptors (Lipinski definition) is 3. The summed E-state index contributed by atoms with van der Waals surface area (Å²) >= 11 is 0. The first-order valence-electron chi connectivity index (χ1n) is 12.0. The second kappa shape index (κ2) is 9.70. The third-order valence-corrected chi connectivity index (χ3v) is 7.22. The summed E-state index contributed by atoms with van der Waals surface area (Å²) in [6, 6.07) is 18.0. The standard InChI is InChI=1S/C27H33N5/c1-20(22-5-3-2-4-6-22)16-28-24-11-8-21(9-12-24)7-10-23-17-29-27-14-13-25(15-26(23)27)32-18-30-31-19-32/h2-6,13-15,17-21,24,28-29H,7-12,16H2,1H3/t20?,21-,24+. The zero-order chi connectivity index (χ0) is 21.8. The molecule has 5 rings (SSSR count). The molecule has 0 saturated heterocycles. The smallest absolute Gasteiger partial charge is 0.123 e. The summed E-state index contributed by atoms with van der Waals surface area (Å²) in [5, 5.41) is 13.0. The van der Waals surface area contributed by atoms with E-state index in [0.717, 1.165) is 24.6 Å². The second-order valence-electron chi connectivity index (χ2n) is 9.39. The molecule has 0 spiro atoms. The summed E-state index contributed by atoms with van der Waals surface area (Å²) in [6.07, 6.45) is 13.4. The molecule has 2 N–H and O–H groups in total. The van der Waals surface area contributed by atoms with Crippen LogP contribution in [-0.2, 0) is 6.42 Å². The van der Waals surface area contributed by atoms with Crippen molar-refractivity contribution in [1.29, 1.82) is 0 Å². The fraction of sp³-hybridized carbons (Fsp3) is 0.407. The topological polar surface area (TPSA) is 58.5 Å². The molecule has 0 aliphatic heterocycles. The third-order valence-electron chi connectivity index (χ3n) is 7.22. The van der Waals surface area contributed by atoms with Crippen molar-refractivity contribution in [2.75, 3.05) is 6.54 Å². The summed E-state index contributed by atoms with van der Waals surface area (Å²) in [5.74, 6) is 1.41. The van der Waals surface area contributed by atoms with E-state index < -0.39 is 0 Å². The summed E-state index contributed by atoms with van der Waals surface area (Å²) in [6.45, 7) is 3.40. The average molecular weight is 428 g/mol. The molecule has 0 amide bonds. The number of nitrogens with zero attached hydrogens (tertiary/aromatic N) is 3. The van der Waals surface area contributed by atoms with Crippen molar-refractivity contribution < 1.29 is 0 Å². The number of hydrogen-bond donors (Lipinski definition) is 2. The zero-order valence-corrected chi connectivity index (χ0v) is 18.9. The quantitative estimate of drug-likeness (QED) is 0.383. The molecule has 1 fully saturated rings. The Bertz CT molecular complexity index is 1110. The summed E-state index contributed by atoms with van der Waals surface area (Å²) in [4.78, 5) is 3.45. The molecule has 1 atom stereocenters. The van der Waals surface area contributed by atoms with Crippen molar-refractivity contribution in [1.82, 2.24) is 25.1 Å². The summed E-state index contributed by atoms with van der Waals surface area (Å²) in [7, 11) is 0. The fourth-order valence-corrected chi connectivity index (χ4v) is 5.13. The average Bonchev–Trinajstić information content (AvgIpc) is 3.52. The molecule has 1 unspecified atom stereocenters. The predicted octanol–water partition coefficient (Wildman–Crippen LogP) is 5.63. The van der Waals surface area contributed by atoms with Crippen LogP contribution in [0.1, 0.15) is 56.1 Å². The van der Waals surface area contributed by atoms with Crippen LogP contribution in [0.15, 0.2) is 67.4 Å². The van der Waals surface area contributed by atoms with Gasteiger partial charge in [-0.25, -0.2) is 0 Å². The second-order valence-corrected chi connectivity index (χ2v) is 9.39. The maximum atomic E-state index is 3.93. The molecule has 5 nitrogen and oxygen atoms in total. The minimum absolute atomic E-state index is 0.568. The minimum Gasteiger partial charge on any atom is -0.361 e. The number of H-pyrrole nitrogens is 1. The maximum Gasteiger partial charge on any atom is 0.123 e. The summed E-state index contributed by atoms with van der Waals surface area (Å²) < 4.78 is 1.96. The van der Waals surface area contributed by atoms with Crippen LogP contribution in [0.3, 0.4) is 0 Å². The monoisotopic (exact) mass is 427 g/mol. The number of aromatic nitrogens is 4. The molecular weight excluding hydrogens is 394 g/mol. The molecule has 2 aromatic heterocycles. The summed E-state index contributed by atoms with van der Waals surface area (Å²) in [5.41, 5.74) is 5.17. The number of rotatable bonds is 8. The molecule has 2 aromatic carbocycles.